The van der Waals surface area contributed by atoms with Crippen LogP contribution in [0, 0.1) is 17.0 Å². The first-order valence-corrected chi connectivity index (χ1v) is 6.25. The minimum absolute atomic E-state index is 0.0487. The largest absolute Gasteiger partial charge is 0.335 e. The number of benzene rings is 1. The van der Waals surface area contributed by atoms with Gasteiger partial charge in [-0.25, -0.2) is 10.1 Å². The van der Waals surface area contributed by atoms with E-state index in [9.17, 15) is 10.1 Å². The van der Waals surface area contributed by atoms with Crippen LogP contribution in [-0.2, 0) is 0 Å². The summed E-state index contributed by atoms with van der Waals surface area (Å²) in [6.07, 6.45) is 1.29. The minimum Gasteiger partial charge on any atom is -0.335 e. The number of nitrogens with one attached hydrogen (secondary N) is 1. The molecule has 0 atom stereocenters. The molecular formula is C10H9Cl2N7O2. The summed E-state index contributed by atoms with van der Waals surface area (Å²) in [5.74, 6) is 6.32. The standard InChI is InChI=1S/C10H9Cl2N7O2/c1-5-15-17-10(18(5)13)16-14-4-6-2-9(19(20)21)8(12)3-7(6)11/h2-4H,13H2,1H3,(H,16,17)/b14-4+. The second kappa shape index (κ2) is 5.94. The highest BCUT2D eigenvalue weighted by Gasteiger charge is 2.15. The quantitative estimate of drug-likeness (QED) is 0.382. The summed E-state index contributed by atoms with van der Waals surface area (Å²) in [5, 5.41) is 22.3. The highest BCUT2D eigenvalue weighted by atomic mass is 35.5. The van der Waals surface area contributed by atoms with Gasteiger partial charge in [0.05, 0.1) is 16.2 Å². The van der Waals surface area contributed by atoms with Gasteiger partial charge in [-0.1, -0.05) is 23.2 Å². The number of nitro groups is 1. The second-order valence-corrected chi connectivity index (χ2v) is 4.71. The van der Waals surface area contributed by atoms with Crippen molar-refractivity contribution in [1.29, 1.82) is 0 Å². The maximum absolute atomic E-state index is 10.8. The molecule has 1 aromatic heterocycles. The number of anilines is 1. The molecule has 0 aliphatic heterocycles. The fourth-order valence-electron chi connectivity index (χ4n) is 1.40. The van der Waals surface area contributed by atoms with Crippen LogP contribution in [0.5, 0.6) is 0 Å². The zero-order valence-corrected chi connectivity index (χ0v) is 12.1. The van der Waals surface area contributed by atoms with Gasteiger partial charge in [0.25, 0.3) is 11.6 Å². The van der Waals surface area contributed by atoms with Crippen molar-refractivity contribution in [3.8, 4) is 0 Å². The van der Waals surface area contributed by atoms with Crippen LogP contribution in [0.1, 0.15) is 11.4 Å². The molecule has 110 valence electrons. The molecule has 0 aliphatic carbocycles. The van der Waals surface area contributed by atoms with E-state index in [2.05, 4.69) is 20.7 Å². The van der Waals surface area contributed by atoms with Crippen LogP contribution in [0.3, 0.4) is 0 Å². The van der Waals surface area contributed by atoms with Crippen molar-refractivity contribution in [2.24, 2.45) is 5.10 Å². The van der Waals surface area contributed by atoms with E-state index in [1.165, 1.54) is 23.0 Å². The van der Waals surface area contributed by atoms with Gasteiger partial charge < -0.3 is 5.84 Å². The lowest BCUT2D eigenvalue weighted by Gasteiger charge is -2.02. The topological polar surface area (TPSA) is 124 Å². The van der Waals surface area contributed by atoms with E-state index in [1.807, 2.05) is 0 Å². The van der Waals surface area contributed by atoms with Crippen LogP contribution in [0.2, 0.25) is 10.0 Å². The Hall–Kier alpha value is -2.39. The molecule has 2 aromatic rings. The lowest BCUT2D eigenvalue weighted by molar-refractivity contribution is -0.384. The van der Waals surface area contributed by atoms with E-state index >= 15 is 0 Å². The molecule has 3 N–H and O–H groups in total. The Bertz CT molecular complexity index is 728. The first-order chi connectivity index (χ1) is 9.90. The molecule has 9 nitrogen and oxygen atoms in total. The summed E-state index contributed by atoms with van der Waals surface area (Å²) in [5.41, 5.74) is 2.60. The highest BCUT2D eigenvalue weighted by molar-refractivity contribution is 6.37. The van der Waals surface area contributed by atoms with E-state index in [0.717, 1.165) is 0 Å². The number of hydrogen-bond donors (Lipinski definition) is 2. The van der Waals surface area contributed by atoms with Gasteiger partial charge in [-0.2, -0.15) is 5.10 Å². The molecule has 0 saturated heterocycles. The smallest absolute Gasteiger partial charge is 0.288 e. The molecule has 0 amide bonds. The predicted octanol–water partition coefficient (Wildman–Crippen LogP) is 1.96. The Balaban J connectivity index is 2.23. The number of nitrogens with zero attached hydrogens (tertiary/aromatic N) is 5. The zero-order valence-electron chi connectivity index (χ0n) is 10.6. The summed E-state index contributed by atoms with van der Waals surface area (Å²) >= 11 is 11.7. The lowest BCUT2D eigenvalue weighted by atomic mass is 10.2. The third kappa shape index (κ3) is 3.20. The van der Waals surface area contributed by atoms with E-state index in [0.29, 0.717) is 11.4 Å². The summed E-state index contributed by atoms with van der Waals surface area (Å²) in [6.45, 7) is 1.67. The third-order valence-electron chi connectivity index (χ3n) is 2.50. The molecule has 11 heteroatoms. The molecule has 2 rings (SSSR count). The van der Waals surface area contributed by atoms with Crippen molar-refractivity contribution in [2.75, 3.05) is 11.3 Å². The van der Waals surface area contributed by atoms with Gasteiger partial charge in [0.1, 0.15) is 5.02 Å². The average Bonchev–Trinajstić information content (AvgIpc) is 2.72. The third-order valence-corrected chi connectivity index (χ3v) is 3.13. The lowest BCUT2D eigenvalue weighted by Crippen LogP contribution is -2.13. The molecule has 0 saturated carbocycles. The number of aryl methyl sites for hydroxylation is 1. The van der Waals surface area contributed by atoms with Crippen LogP contribution in [0.15, 0.2) is 17.2 Å². The summed E-state index contributed by atoms with van der Waals surface area (Å²) < 4.78 is 1.20. The van der Waals surface area contributed by atoms with Gasteiger partial charge >= 0.3 is 0 Å². The van der Waals surface area contributed by atoms with E-state index < -0.39 is 4.92 Å². The summed E-state index contributed by atoms with van der Waals surface area (Å²) in [4.78, 5) is 10.2. The first kappa shape index (κ1) is 15.0. The minimum atomic E-state index is -0.608. The first-order valence-electron chi connectivity index (χ1n) is 5.49. The maximum Gasteiger partial charge on any atom is 0.288 e. The Kier molecular flexibility index (Phi) is 4.24. The maximum atomic E-state index is 10.8. The molecule has 0 spiro atoms. The highest BCUT2D eigenvalue weighted by Crippen LogP contribution is 2.29. The molecule has 0 aliphatic rings. The van der Waals surface area contributed by atoms with Gasteiger partial charge in [-0.05, 0) is 13.0 Å². The van der Waals surface area contributed by atoms with Gasteiger partial charge in [0, 0.05) is 11.6 Å². The predicted molar refractivity (Wildman–Crippen MR) is 79.2 cm³/mol. The van der Waals surface area contributed by atoms with Gasteiger partial charge in [-0.3, -0.25) is 10.1 Å². The van der Waals surface area contributed by atoms with Crippen molar-refractivity contribution in [3.63, 3.8) is 0 Å². The molecule has 0 unspecified atom stereocenters. The molecule has 1 heterocycles. The molecule has 1 aromatic carbocycles. The van der Waals surface area contributed by atoms with Gasteiger partial charge in [0.2, 0.25) is 0 Å². The second-order valence-electron chi connectivity index (χ2n) is 3.89. The monoisotopic (exact) mass is 329 g/mol. The van der Waals surface area contributed by atoms with Gasteiger partial charge in [-0.15, -0.1) is 10.2 Å². The number of hydrazone groups is 1. The number of hydrogen-bond acceptors (Lipinski definition) is 7. The normalized spacial score (nSPS) is 11.0. The van der Waals surface area contributed by atoms with E-state index in [-0.39, 0.29) is 21.7 Å². The Labute approximate surface area is 128 Å². The van der Waals surface area contributed by atoms with Crippen molar-refractivity contribution < 1.29 is 4.92 Å². The van der Waals surface area contributed by atoms with Crippen molar-refractivity contribution in [1.82, 2.24) is 14.9 Å². The molecule has 0 bridgehead atoms. The number of nitrogens with two attached hydrogens (primary N) is 1. The van der Waals surface area contributed by atoms with Crippen LogP contribution in [-0.4, -0.2) is 26.0 Å². The Morgan fingerprint density at radius 2 is 2.14 bits per heavy atom. The van der Waals surface area contributed by atoms with E-state index in [4.69, 9.17) is 29.0 Å². The van der Waals surface area contributed by atoms with Crippen LogP contribution < -0.4 is 11.3 Å². The molecule has 0 radical (unpaired) electrons. The van der Waals surface area contributed by atoms with E-state index in [1.54, 1.807) is 6.92 Å². The Morgan fingerprint density at radius 3 is 2.71 bits per heavy atom. The van der Waals surface area contributed by atoms with Crippen LogP contribution >= 0.6 is 23.2 Å². The van der Waals surface area contributed by atoms with Crippen LogP contribution in [0.4, 0.5) is 11.6 Å². The summed E-state index contributed by atoms with van der Waals surface area (Å²) in [6, 6.07) is 2.49. The summed E-state index contributed by atoms with van der Waals surface area (Å²) in [7, 11) is 0. The van der Waals surface area contributed by atoms with Crippen LogP contribution in [0.25, 0.3) is 0 Å². The average molecular weight is 330 g/mol. The fraction of sp³-hybridized carbons (Fsp3) is 0.100. The van der Waals surface area contributed by atoms with Crippen molar-refractivity contribution >= 4 is 41.1 Å². The molecular weight excluding hydrogens is 321 g/mol. The number of nitro benzene ring substituents is 1. The van der Waals surface area contributed by atoms with Crippen molar-refractivity contribution in [3.05, 3.63) is 43.7 Å². The van der Waals surface area contributed by atoms with Crippen molar-refractivity contribution in [2.45, 2.75) is 6.92 Å². The van der Waals surface area contributed by atoms with Gasteiger partial charge in [0.15, 0.2) is 5.82 Å². The molecule has 21 heavy (non-hydrogen) atoms. The Morgan fingerprint density at radius 1 is 1.43 bits per heavy atom. The fourth-order valence-corrected chi connectivity index (χ4v) is 1.90. The number of rotatable bonds is 4. The number of nitrogen functional groups attached to an aromatic ring is 1. The number of aromatic nitrogens is 3. The SMILES string of the molecule is Cc1nnc(N/N=C/c2cc([N+](=O)[O-])c(Cl)cc2Cl)n1N. The molecule has 0 fully saturated rings. The number of halogens is 2. The zero-order chi connectivity index (χ0) is 15.6.